The van der Waals surface area contributed by atoms with Crippen molar-refractivity contribution < 1.29 is 19.3 Å². The molecule has 1 aliphatic heterocycles. The van der Waals surface area contributed by atoms with Crippen LogP contribution < -0.4 is 4.74 Å². The molecular weight excluding hydrogens is 345 g/mol. The summed E-state index contributed by atoms with van der Waals surface area (Å²) in [5.74, 6) is 1.38. The number of phenolic OH excluding ortho intramolecular Hbond substituents is 1. The normalized spacial score (nSPS) is 26.1. The summed E-state index contributed by atoms with van der Waals surface area (Å²) in [5, 5.41) is 19.8. The van der Waals surface area contributed by atoms with Crippen LogP contribution in [-0.2, 0) is 0 Å². The highest BCUT2D eigenvalue weighted by atomic mass is 19.1. The van der Waals surface area contributed by atoms with Gasteiger partial charge in [-0.3, -0.25) is 4.90 Å². The van der Waals surface area contributed by atoms with Crippen molar-refractivity contribution in [2.75, 3.05) is 19.6 Å². The lowest BCUT2D eigenvalue weighted by Gasteiger charge is -2.22. The molecule has 2 aromatic carbocycles. The Kier molecular flexibility index (Phi) is 5.06. The van der Waals surface area contributed by atoms with E-state index in [1.807, 2.05) is 6.07 Å². The maximum atomic E-state index is 14.2. The average Bonchev–Trinajstić information content (AvgIpc) is 3.17. The van der Waals surface area contributed by atoms with E-state index in [1.54, 1.807) is 43.3 Å². The number of aryl methyl sites for hydroxylation is 1. The fourth-order valence-corrected chi connectivity index (χ4v) is 4.52. The zero-order chi connectivity index (χ0) is 19.0. The molecule has 4 nitrogen and oxygen atoms in total. The molecule has 4 atom stereocenters. The van der Waals surface area contributed by atoms with Gasteiger partial charge in [0.1, 0.15) is 5.75 Å². The first-order valence-corrected chi connectivity index (χ1v) is 9.60. The third kappa shape index (κ3) is 3.94. The van der Waals surface area contributed by atoms with E-state index in [1.165, 1.54) is 0 Å². The Morgan fingerprint density at radius 3 is 2.44 bits per heavy atom. The lowest BCUT2D eigenvalue weighted by molar-refractivity contribution is 0.115. The molecule has 1 heterocycles. The first-order chi connectivity index (χ1) is 13.0. The van der Waals surface area contributed by atoms with Gasteiger partial charge in [0.25, 0.3) is 0 Å². The third-order valence-electron chi connectivity index (χ3n) is 5.94. The minimum Gasteiger partial charge on any atom is -0.508 e. The Morgan fingerprint density at radius 1 is 1.11 bits per heavy atom. The van der Waals surface area contributed by atoms with Crippen molar-refractivity contribution in [1.29, 1.82) is 0 Å². The van der Waals surface area contributed by atoms with Crippen LogP contribution in [0.4, 0.5) is 4.39 Å². The molecule has 1 aliphatic carbocycles. The second kappa shape index (κ2) is 7.49. The van der Waals surface area contributed by atoms with Crippen molar-refractivity contribution in [3.8, 4) is 11.5 Å². The van der Waals surface area contributed by atoms with Crippen molar-refractivity contribution in [3.63, 3.8) is 0 Å². The molecule has 1 saturated carbocycles. The maximum absolute atomic E-state index is 14.2. The highest BCUT2D eigenvalue weighted by Crippen LogP contribution is 2.40. The fourth-order valence-electron chi connectivity index (χ4n) is 4.52. The predicted octanol–water partition coefficient (Wildman–Crippen LogP) is 3.66. The van der Waals surface area contributed by atoms with Crippen molar-refractivity contribution >= 4 is 0 Å². The van der Waals surface area contributed by atoms with E-state index in [0.717, 1.165) is 31.5 Å². The molecule has 0 bridgehead atoms. The van der Waals surface area contributed by atoms with Crippen LogP contribution in [0.2, 0.25) is 0 Å². The summed E-state index contributed by atoms with van der Waals surface area (Å²) in [6.07, 6.45) is 1.38. The molecule has 2 unspecified atom stereocenters. The molecule has 1 saturated heterocycles. The van der Waals surface area contributed by atoms with Crippen LogP contribution in [0.3, 0.4) is 0 Å². The molecular formula is C22H26FNO3. The molecule has 2 N–H and O–H groups in total. The number of phenols is 1. The molecule has 4 rings (SSSR count). The SMILES string of the molecule is Cc1cccc(OC2C[C@@H]3CN(CC(O)c4ccc(O)cc4)C[C@@H]3C2)c1F. The van der Waals surface area contributed by atoms with Gasteiger partial charge in [-0.2, -0.15) is 0 Å². The summed E-state index contributed by atoms with van der Waals surface area (Å²) in [7, 11) is 0. The first-order valence-electron chi connectivity index (χ1n) is 9.60. The number of halogens is 1. The van der Waals surface area contributed by atoms with Gasteiger partial charge in [-0.15, -0.1) is 0 Å². The van der Waals surface area contributed by atoms with Gasteiger partial charge in [0.2, 0.25) is 0 Å². The highest BCUT2D eigenvalue weighted by molar-refractivity contribution is 5.30. The number of aliphatic hydroxyl groups is 1. The number of aliphatic hydroxyl groups excluding tert-OH is 1. The number of hydrogen-bond donors (Lipinski definition) is 2. The number of fused-ring (bicyclic) bond motifs is 1. The Balaban J connectivity index is 1.30. The molecule has 0 aromatic heterocycles. The lowest BCUT2D eigenvalue weighted by Crippen LogP contribution is -2.29. The minimum atomic E-state index is -0.558. The van der Waals surface area contributed by atoms with Gasteiger partial charge in [-0.05, 0) is 60.9 Å². The van der Waals surface area contributed by atoms with E-state index in [2.05, 4.69) is 4.90 Å². The van der Waals surface area contributed by atoms with Gasteiger partial charge >= 0.3 is 0 Å². The van der Waals surface area contributed by atoms with Gasteiger partial charge in [-0.1, -0.05) is 24.3 Å². The topological polar surface area (TPSA) is 52.9 Å². The zero-order valence-corrected chi connectivity index (χ0v) is 15.5. The second-order valence-corrected chi connectivity index (χ2v) is 7.94. The molecule has 0 amide bonds. The van der Waals surface area contributed by atoms with E-state index < -0.39 is 6.10 Å². The van der Waals surface area contributed by atoms with Gasteiger partial charge < -0.3 is 14.9 Å². The quantitative estimate of drug-likeness (QED) is 0.842. The van der Waals surface area contributed by atoms with Crippen molar-refractivity contribution in [1.82, 2.24) is 4.90 Å². The zero-order valence-electron chi connectivity index (χ0n) is 15.5. The van der Waals surface area contributed by atoms with E-state index in [-0.39, 0.29) is 17.7 Å². The predicted molar refractivity (Wildman–Crippen MR) is 101 cm³/mol. The molecule has 0 spiro atoms. The molecule has 2 aromatic rings. The molecule has 27 heavy (non-hydrogen) atoms. The van der Waals surface area contributed by atoms with Gasteiger partial charge in [0, 0.05) is 19.6 Å². The summed E-state index contributed by atoms with van der Waals surface area (Å²) >= 11 is 0. The highest BCUT2D eigenvalue weighted by Gasteiger charge is 2.42. The first kappa shape index (κ1) is 18.3. The maximum Gasteiger partial charge on any atom is 0.167 e. The van der Waals surface area contributed by atoms with Crippen LogP contribution in [0.1, 0.15) is 30.1 Å². The Bertz CT molecular complexity index is 781. The number of aromatic hydroxyl groups is 1. The fraction of sp³-hybridized carbons (Fsp3) is 0.455. The molecule has 2 fully saturated rings. The molecule has 0 radical (unpaired) electrons. The number of β-amino-alcohol motifs (C(OH)–C–C–N with tert-alkyl or cyclic N) is 1. The summed E-state index contributed by atoms with van der Waals surface area (Å²) in [6.45, 7) is 4.23. The third-order valence-corrected chi connectivity index (χ3v) is 5.94. The van der Waals surface area contributed by atoms with Crippen LogP contribution >= 0.6 is 0 Å². The summed E-state index contributed by atoms with van der Waals surface area (Å²) < 4.78 is 20.1. The van der Waals surface area contributed by atoms with E-state index in [9.17, 15) is 14.6 Å². The number of hydrogen-bond acceptors (Lipinski definition) is 4. The minimum absolute atomic E-state index is 0.0699. The smallest absolute Gasteiger partial charge is 0.167 e. The Morgan fingerprint density at radius 2 is 1.78 bits per heavy atom. The lowest BCUT2D eigenvalue weighted by atomic mass is 10.0. The number of ether oxygens (including phenoxy) is 1. The van der Waals surface area contributed by atoms with Crippen molar-refractivity contribution in [2.45, 2.75) is 32.0 Å². The molecule has 144 valence electrons. The molecule has 5 heteroatoms. The van der Waals surface area contributed by atoms with E-state index in [0.29, 0.717) is 29.7 Å². The van der Waals surface area contributed by atoms with Crippen molar-refractivity contribution in [2.24, 2.45) is 11.8 Å². The van der Waals surface area contributed by atoms with Crippen molar-refractivity contribution in [3.05, 3.63) is 59.4 Å². The summed E-state index contributed by atoms with van der Waals surface area (Å²) in [6, 6.07) is 12.0. The molecule has 2 aliphatic rings. The van der Waals surface area contributed by atoms with Gasteiger partial charge in [0.15, 0.2) is 11.6 Å². The second-order valence-electron chi connectivity index (χ2n) is 7.94. The van der Waals surface area contributed by atoms with Crippen LogP contribution in [-0.4, -0.2) is 40.9 Å². The van der Waals surface area contributed by atoms with Crippen LogP contribution in [0.5, 0.6) is 11.5 Å². The van der Waals surface area contributed by atoms with Crippen LogP contribution in [0.25, 0.3) is 0 Å². The Hall–Kier alpha value is -2.11. The Labute approximate surface area is 159 Å². The monoisotopic (exact) mass is 371 g/mol. The van der Waals surface area contributed by atoms with Crippen LogP contribution in [0, 0.1) is 24.6 Å². The van der Waals surface area contributed by atoms with E-state index >= 15 is 0 Å². The average molecular weight is 371 g/mol. The van der Waals surface area contributed by atoms with Gasteiger partial charge in [0.05, 0.1) is 12.2 Å². The number of nitrogens with zero attached hydrogens (tertiary/aromatic N) is 1. The number of rotatable bonds is 5. The standard InChI is InChI=1S/C22H26FNO3/c1-14-3-2-4-21(22(14)23)27-19-9-16-11-24(12-17(16)10-19)13-20(26)15-5-7-18(25)8-6-15/h2-8,16-17,19-20,25-26H,9-13H2,1H3/t16-,17+,19?,20?. The largest absolute Gasteiger partial charge is 0.508 e. The van der Waals surface area contributed by atoms with Gasteiger partial charge in [-0.25, -0.2) is 4.39 Å². The van der Waals surface area contributed by atoms with E-state index in [4.69, 9.17) is 4.74 Å². The summed E-state index contributed by atoms with van der Waals surface area (Å²) in [5.41, 5.74) is 1.43. The number of likely N-dealkylation sites (tertiary alicyclic amines) is 1. The van der Waals surface area contributed by atoms with Crippen LogP contribution in [0.15, 0.2) is 42.5 Å². The number of benzene rings is 2. The summed E-state index contributed by atoms with van der Waals surface area (Å²) in [4.78, 5) is 2.30.